The summed E-state index contributed by atoms with van der Waals surface area (Å²) >= 11 is 0. The molecule has 1 nitrogen and oxygen atoms in total. The fourth-order valence-corrected chi connectivity index (χ4v) is 6.39. The molecule has 0 aromatic heterocycles. The van der Waals surface area contributed by atoms with E-state index in [0.29, 0.717) is 0 Å². The number of fused-ring (bicyclic) bond motifs is 10. The van der Waals surface area contributed by atoms with Gasteiger partial charge < -0.3 is 5.32 Å². The summed E-state index contributed by atoms with van der Waals surface area (Å²) in [5.74, 6) is 0. The van der Waals surface area contributed by atoms with Crippen molar-refractivity contribution in [2.24, 2.45) is 0 Å². The van der Waals surface area contributed by atoms with Crippen LogP contribution in [0, 0.1) is 13.8 Å². The monoisotopic (exact) mass is 435 g/mol. The van der Waals surface area contributed by atoms with Gasteiger partial charge in [0.05, 0.1) is 5.41 Å². The van der Waals surface area contributed by atoms with Gasteiger partial charge in [-0.3, -0.25) is 0 Å². The maximum Gasteiger partial charge on any atom is 0.0726 e. The SMILES string of the molecule is Cc1cc(C)cc(Nc2ccc3c(c2)C2(c4ccccc4-c4ccccc42)c2ccccc2-3)c1. The van der Waals surface area contributed by atoms with E-state index in [-0.39, 0.29) is 5.41 Å². The Bertz CT molecular complexity index is 1520. The van der Waals surface area contributed by atoms with Crippen LogP contribution in [0.3, 0.4) is 0 Å². The summed E-state index contributed by atoms with van der Waals surface area (Å²) in [4.78, 5) is 0. The largest absolute Gasteiger partial charge is 0.356 e. The zero-order chi connectivity index (χ0) is 22.9. The van der Waals surface area contributed by atoms with Gasteiger partial charge in [-0.25, -0.2) is 0 Å². The van der Waals surface area contributed by atoms with Crippen LogP contribution < -0.4 is 5.32 Å². The molecule has 0 unspecified atom stereocenters. The number of anilines is 2. The first-order valence-electron chi connectivity index (χ1n) is 12.0. The smallest absolute Gasteiger partial charge is 0.0726 e. The summed E-state index contributed by atoms with van der Waals surface area (Å²) in [6.45, 7) is 4.30. The Balaban J connectivity index is 1.52. The highest BCUT2D eigenvalue weighted by atomic mass is 14.9. The first-order chi connectivity index (χ1) is 16.7. The van der Waals surface area contributed by atoms with E-state index in [1.165, 1.54) is 55.6 Å². The summed E-state index contributed by atoms with van der Waals surface area (Å²) in [6, 6.07) is 40.4. The molecule has 2 aliphatic rings. The molecule has 1 spiro atoms. The van der Waals surface area contributed by atoms with Gasteiger partial charge in [0.2, 0.25) is 0 Å². The van der Waals surface area contributed by atoms with Crippen molar-refractivity contribution in [3.8, 4) is 22.3 Å². The molecule has 0 amide bonds. The highest BCUT2D eigenvalue weighted by molar-refractivity contribution is 5.95. The highest BCUT2D eigenvalue weighted by Crippen LogP contribution is 2.62. The van der Waals surface area contributed by atoms with Gasteiger partial charge in [0.25, 0.3) is 0 Å². The van der Waals surface area contributed by atoms with Gasteiger partial charge in [-0.05, 0) is 93.7 Å². The van der Waals surface area contributed by atoms with Crippen molar-refractivity contribution >= 4 is 11.4 Å². The predicted molar refractivity (Wildman–Crippen MR) is 142 cm³/mol. The third kappa shape index (κ3) is 2.50. The Kier molecular flexibility index (Phi) is 3.96. The second-order valence-corrected chi connectivity index (χ2v) is 9.65. The minimum absolute atomic E-state index is 0.292. The lowest BCUT2D eigenvalue weighted by Gasteiger charge is -2.30. The maximum absolute atomic E-state index is 3.70. The first-order valence-corrected chi connectivity index (χ1v) is 12.0. The van der Waals surface area contributed by atoms with Crippen LogP contribution in [0.1, 0.15) is 33.4 Å². The molecule has 5 aromatic carbocycles. The van der Waals surface area contributed by atoms with E-state index in [0.717, 1.165) is 11.4 Å². The lowest BCUT2D eigenvalue weighted by molar-refractivity contribution is 0.794. The highest BCUT2D eigenvalue weighted by Gasteiger charge is 2.51. The van der Waals surface area contributed by atoms with Gasteiger partial charge in [0.15, 0.2) is 0 Å². The third-order valence-electron chi connectivity index (χ3n) is 7.51. The van der Waals surface area contributed by atoms with E-state index in [1.807, 2.05) is 0 Å². The quantitative estimate of drug-likeness (QED) is 0.287. The molecule has 1 heteroatoms. The molecule has 0 saturated carbocycles. The average molecular weight is 436 g/mol. The lowest BCUT2D eigenvalue weighted by atomic mass is 9.70. The van der Waals surface area contributed by atoms with Gasteiger partial charge in [-0.15, -0.1) is 0 Å². The minimum atomic E-state index is -0.292. The normalized spacial score (nSPS) is 13.8. The molecule has 0 heterocycles. The number of benzene rings is 5. The third-order valence-corrected chi connectivity index (χ3v) is 7.51. The topological polar surface area (TPSA) is 12.0 Å². The van der Waals surface area contributed by atoms with E-state index in [2.05, 4.69) is 128 Å². The van der Waals surface area contributed by atoms with Gasteiger partial charge in [-0.2, -0.15) is 0 Å². The summed E-state index contributed by atoms with van der Waals surface area (Å²) in [5.41, 5.74) is 15.4. The Morgan fingerprint density at radius 3 is 1.44 bits per heavy atom. The molecule has 2 aliphatic carbocycles. The van der Waals surface area contributed by atoms with Crippen LogP contribution in [0.4, 0.5) is 11.4 Å². The summed E-state index contributed by atoms with van der Waals surface area (Å²) in [5, 5.41) is 3.70. The number of aryl methyl sites for hydroxylation is 2. The van der Waals surface area contributed by atoms with E-state index < -0.39 is 0 Å². The van der Waals surface area contributed by atoms with Crippen LogP contribution in [0.5, 0.6) is 0 Å². The molecule has 0 saturated heterocycles. The molecule has 34 heavy (non-hydrogen) atoms. The van der Waals surface area contributed by atoms with Crippen LogP contribution in [-0.2, 0) is 5.41 Å². The molecule has 162 valence electrons. The molecule has 0 radical (unpaired) electrons. The van der Waals surface area contributed by atoms with Crippen LogP contribution in [0.25, 0.3) is 22.3 Å². The zero-order valence-electron chi connectivity index (χ0n) is 19.4. The van der Waals surface area contributed by atoms with Crippen molar-refractivity contribution in [1.82, 2.24) is 0 Å². The number of nitrogens with one attached hydrogen (secondary N) is 1. The standard InChI is InChI=1S/C33H25N/c1-21-17-22(2)19-24(18-21)34-23-15-16-28-27-11-5-8-14-31(27)33(32(28)20-23)29-12-6-3-9-25(29)26-10-4-7-13-30(26)33/h3-20,34H,1-2H3. The molecule has 1 N–H and O–H groups in total. The molecule has 7 rings (SSSR count). The Hall–Kier alpha value is -4.10. The Morgan fingerprint density at radius 1 is 0.441 bits per heavy atom. The predicted octanol–water partition coefficient (Wildman–Crippen LogP) is 8.39. The van der Waals surface area contributed by atoms with Crippen molar-refractivity contribution in [3.63, 3.8) is 0 Å². The number of hydrogen-bond acceptors (Lipinski definition) is 1. The summed E-state index contributed by atoms with van der Waals surface area (Å²) < 4.78 is 0. The van der Waals surface area contributed by atoms with Crippen LogP contribution in [-0.4, -0.2) is 0 Å². The second-order valence-electron chi connectivity index (χ2n) is 9.65. The molecule has 0 atom stereocenters. The van der Waals surface area contributed by atoms with Crippen molar-refractivity contribution in [2.45, 2.75) is 19.3 Å². The van der Waals surface area contributed by atoms with E-state index in [1.54, 1.807) is 0 Å². The minimum Gasteiger partial charge on any atom is -0.356 e. The molecule has 0 aliphatic heterocycles. The van der Waals surface area contributed by atoms with Gasteiger partial charge in [0.1, 0.15) is 0 Å². The average Bonchev–Trinajstić information content (AvgIpc) is 3.31. The van der Waals surface area contributed by atoms with Gasteiger partial charge >= 0.3 is 0 Å². The second kappa shape index (κ2) is 6.95. The summed E-state index contributed by atoms with van der Waals surface area (Å²) in [6.07, 6.45) is 0. The van der Waals surface area contributed by atoms with Crippen LogP contribution in [0.15, 0.2) is 109 Å². The van der Waals surface area contributed by atoms with E-state index in [4.69, 9.17) is 0 Å². The van der Waals surface area contributed by atoms with Crippen molar-refractivity contribution in [2.75, 3.05) is 5.32 Å². The molecular formula is C33H25N. The molecule has 5 aromatic rings. The molecular weight excluding hydrogens is 410 g/mol. The van der Waals surface area contributed by atoms with Crippen molar-refractivity contribution < 1.29 is 0 Å². The lowest BCUT2D eigenvalue weighted by Crippen LogP contribution is -2.25. The van der Waals surface area contributed by atoms with Gasteiger partial charge in [-0.1, -0.05) is 84.9 Å². The van der Waals surface area contributed by atoms with E-state index in [9.17, 15) is 0 Å². The zero-order valence-corrected chi connectivity index (χ0v) is 19.4. The maximum atomic E-state index is 3.70. The molecule has 0 fully saturated rings. The van der Waals surface area contributed by atoms with Crippen LogP contribution >= 0.6 is 0 Å². The van der Waals surface area contributed by atoms with Crippen LogP contribution in [0.2, 0.25) is 0 Å². The van der Waals surface area contributed by atoms with Crippen molar-refractivity contribution in [1.29, 1.82) is 0 Å². The first kappa shape index (κ1) is 19.4. The summed E-state index contributed by atoms with van der Waals surface area (Å²) in [7, 11) is 0. The van der Waals surface area contributed by atoms with Gasteiger partial charge in [0, 0.05) is 11.4 Å². The molecule has 0 bridgehead atoms. The number of rotatable bonds is 2. The Morgan fingerprint density at radius 2 is 0.912 bits per heavy atom. The fourth-order valence-electron chi connectivity index (χ4n) is 6.39. The number of hydrogen-bond donors (Lipinski definition) is 1. The fraction of sp³-hybridized carbons (Fsp3) is 0.0909. The van der Waals surface area contributed by atoms with E-state index >= 15 is 0 Å². The Labute approximate surface area is 200 Å². The van der Waals surface area contributed by atoms with Crippen molar-refractivity contribution in [3.05, 3.63) is 143 Å².